The molecule has 0 aliphatic heterocycles. The van der Waals surface area contributed by atoms with E-state index in [4.69, 9.17) is 0 Å². The van der Waals surface area contributed by atoms with Crippen LogP contribution in [0.4, 0.5) is 5.69 Å². The second-order valence-corrected chi connectivity index (χ2v) is 8.16. The number of nitrogens with one attached hydrogen (secondary N) is 1. The van der Waals surface area contributed by atoms with E-state index in [1.165, 1.54) is 16.7 Å². The molecule has 0 saturated heterocycles. The molecule has 0 atom stereocenters. The van der Waals surface area contributed by atoms with Crippen molar-refractivity contribution in [2.45, 2.75) is 12.1 Å². The highest BCUT2D eigenvalue weighted by Crippen LogP contribution is 2.21. The van der Waals surface area contributed by atoms with E-state index in [0.717, 1.165) is 11.8 Å². The molecule has 10 heteroatoms. The van der Waals surface area contributed by atoms with Crippen molar-refractivity contribution < 1.29 is 9.72 Å². The van der Waals surface area contributed by atoms with E-state index < -0.39 is 10.8 Å². The summed E-state index contributed by atoms with van der Waals surface area (Å²) in [6.45, 7) is 1.64. The Hall–Kier alpha value is -4.31. The van der Waals surface area contributed by atoms with Gasteiger partial charge in [0.1, 0.15) is 0 Å². The number of hydrazone groups is 1. The largest absolute Gasteiger partial charge is 0.272 e. The number of nitro benzene ring substituents is 1. The Morgan fingerprint density at radius 1 is 1.09 bits per heavy atom. The maximum Gasteiger partial charge on any atom is 0.270 e. The fraction of sp³-hybridized carbons (Fsp3) is 0.0833. The van der Waals surface area contributed by atoms with Gasteiger partial charge in [0.15, 0.2) is 5.16 Å². The molecule has 0 unspecified atom stereocenters. The molecule has 0 bridgehead atoms. The molecule has 1 aromatic heterocycles. The van der Waals surface area contributed by atoms with Crippen molar-refractivity contribution in [3.8, 4) is 5.69 Å². The Bertz CT molecular complexity index is 1470. The van der Waals surface area contributed by atoms with E-state index in [1.807, 2.05) is 18.2 Å². The Kier molecular flexibility index (Phi) is 6.79. The van der Waals surface area contributed by atoms with Crippen LogP contribution in [0.25, 0.3) is 16.6 Å². The number of hydrogen-bond donors (Lipinski definition) is 1. The molecule has 34 heavy (non-hydrogen) atoms. The van der Waals surface area contributed by atoms with Gasteiger partial charge in [-0.05, 0) is 31.2 Å². The standard InChI is InChI=1S/C24H19N5O4S/c1-16(17-8-7-11-19(14-17)29(32)33)26-27-22(30)15-34-24-25-21-13-6-5-12-20(21)23(31)28(24)18-9-3-2-4-10-18/h2-14H,15H2,1H3,(H,27,30). The summed E-state index contributed by atoms with van der Waals surface area (Å²) in [6, 6.07) is 22.1. The van der Waals surface area contributed by atoms with Crippen molar-refractivity contribution in [1.29, 1.82) is 0 Å². The van der Waals surface area contributed by atoms with Crippen LogP contribution in [-0.2, 0) is 4.79 Å². The Labute approximate surface area is 198 Å². The zero-order valence-electron chi connectivity index (χ0n) is 18.0. The number of carbonyl (C=O) groups excluding carboxylic acids is 1. The van der Waals surface area contributed by atoms with Crippen molar-refractivity contribution >= 4 is 40.0 Å². The predicted octanol–water partition coefficient (Wildman–Crippen LogP) is 3.93. The average molecular weight is 474 g/mol. The lowest BCUT2D eigenvalue weighted by Gasteiger charge is -2.13. The number of amides is 1. The lowest BCUT2D eigenvalue weighted by Crippen LogP contribution is -2.24. The number of para-hydroxylation sites is 2. The van der Waals surface area contributed by atoms with Crippen LogP contribution in [-0.4, -0.2) is 31.8 Å². The van der Waals surface area contributed by atoms with Gasteiger partial charge in [-0.2, -0.15) is 5.10 Å². The van der Waals surface area contributed by atoms with Crippen LogP contribution >= 0.6 is 11.8 Å². The van der Waals surface area contributed by atoms with Gasteiger partial charge in [0.2, 0.25) is 0 Å². The molecule has 3 aromatic carbocycles. The lowest BCUT2D eigenvalue weighted by atomic mass is 10.1. The first-order chi connectivity index (χ1) is 16.4. The SMILES string of the molecule is CC(=NNC(=O)CSc1nc2ccccc2c(=O)n1-c1ccccc1)c1cccc([N+](=O)[O-])c1. The maximum absolute atomic E-state index is 13.2. The Morgan fingerprint density at radius 2 is 1.82 bits per heavy atom. The van der Waals surface area contributed by atoms with E-state index in [1.54, 1.807) is 55.5 Å². The minimum atomic E-state index is -0.491. The van der Waals surface area contributed by atoms with Gasteiger partial charge in [-0.15, -0.1) is 0 Å². The summed E-state index contributed by atoms with van der Waals surface area (Å²) in [4.78, 5) is 40.7. The summed E-state index contributed by atoms with van der Waals surface area (Å²) in [7, 11) is 0. The highest BCUT2D eigenvalue weighted by molar-refractivity contribution is 7.99. The first-order valence-electron chi connectivity index (χ1n) is 10.2. The van der Waals surface area contributed by atoms with Crippen molar-refractivity contribution in [1.82, 2.24) is 15.0 Å². The van der Waals surface area contributed by atoms with E-state index in [0.29, 0.717) is 33.0 Å². The molecule has 0 aliphatic carbocycles. The summed E-state index contributed by atoms with van der Waals surface area (Å²) in [5, 5.41) is 15.9. The molecule has 0 saturated carbocycles. The molecular weight excluding hydrogens is 454 g/mol. The quantitative estimate of drug-likeness (QED) is 0.143. The molecule has 4 aromatic rings. The van der Waals surface area contributed by atoms with E-state index in [9.17, 15) is 19.7 Å². The van der Waals surface area contributed by atoms with Crippen molar-refractivity contribution in [2.75, 3.05) is 5.75 Å². The van der Waals surface area contributed by atoms with Gasteiger partial charge >= 0.3 is 0 Å². The number of rotatable bonds is 7. The minimum Gasteiger partial charge on any atom is -0.272 e. The number of fused-ring (bicyclic) bond motifs is 1. The maximum atomic E-state index is 13.2. The van der Waals surface area contributed by atoms with Gasteiger partial charge in [-0.1, -0.05) is 54.2 Å². The summed E-state index contributed by atoms with van der Waals surface area (Å²) in [6.07, 6.45) is 0. The second-order valence-electron chi connectivity index (χ2n) is 7.22. The van der Waals surface area contributed by atoms with Crippen molar-refractivity contribution in [3.05, 3.63) is 105 Å². The number of carbonyl (C=O) groups is 1. The molecule has 1 heterocycles. The smallest absolute Gasteiger partial charge is 0.270 e. The third-order valence-corrected chi connectivity index (χ3v) is 5.85. The number of aromatic nitrogens is 2. The van der Waals surface area contributed by atoms with Crippen LogP contribution < -0.4 is 11.0 Å². The minimum absolute atomic E-state index is 0.0384. The fourth-order valence-electron chi connectivity index (χ4n) is 3.23. The van der Waals surface area contributed by atoms with Gasteiger partial charge in [-0.3, -0.25) is 24.3 Å². The lowest BCUT2D eigenvalue weighted by molar-refractivity contribution is -0.384. The molecule has 0 fully saturated rings. The number of benzene rings is 3. The monoisotopic (exact) mass is 473 g/mol. The fourth-order valence-corrected chi connectivity index (χ4v) is 4.04. The topological polar surface area (TPSA) is 119 Å². The third kappa shape index (κ3) is 5.02. The van der Waals surface area contributed by atoms with Crippen LogP contribution in [0.3, 0.4) is 0 Å². The van der Waals surface area contributed by atoms with E-state index in [-0.39, 0.29) is 17.0 Å². The average Bonchev–Trinajstić information content (AvgIpc) is 2.86. The van der Waals surface area contributed by atoms with E-state index >= 15 is 0 Å². The summed E-state index contributed by atoms with van der Waals surface area (Å²) in [5.41, 5.74) is 4.31. The van der Waals surface area contributed by atoms with Crippen LogP contribution in [0.1, 0.15) is 12.5 Å². The number of nitrogens with zero attached hydrogens (tertiary/aromatic N) is 4. The molecule has 4 rings (SSSR count). The number of nitro groups is 1. The van der Waals surface area contributed by atoms with Crippen LogP contribution in [0, 0.1) is 10.1 Å². The van der Waals surface area contributed by atoms with Gasteiger partial charge in [0.05, 0.1) is 33.0 Å². The van der Waals surface area contributed by atoms with Crippen LogP contribution in [0.5, 0.6) is 0 Å². The first-order valence-corrected chi connectivity index (χ1v) is 11.2. The molecular formula is C24H19N5O4S. The van der Waals surface area contributed by atoms with Gasteiger partial charge < -0.3 is 0 Å². The molecule has 9 nitrogen and oxygen atoms in total. The predicted molar refractivity (Wildman–Crippen MR) is 132 cm³/mol. The second kappa shape index (κ2) is 10.1. The van der Waals surface area contributed by atoms with Gasteiger partial charge in [-0.25, -0.2) is 10.4 Å². The normalized spacial score (nSPS) is 11.4. The molecule has 170 valence electrons. The van der Waals surface area contributed by atoms with Crippen LogP contribution in [0.15, 0.2) is 93.9 Å². The summed E-state index contributed by atoms with van der Waals surface area (Å²) >= 11 is 1.11. The highest BCUT2D eigenvalue weighted by atomic mass is 32.2. The Morgan fingerprint density at radius 3 is 2.59 bits per heavy atom. The van der Waals surface area contributed by atoms with Gasteiger partial charge in [0, 0.05) is 17.7 Å². The zero-order valence-corrected chi connectivity index (χ0v) is 18.9. The number of non-ortho nitro benzene ring substituents is 1. The number of thioether (sulfide) groups is 1. The van der Waals surface area contributed by atoms with Gasteiger partial charge in [0.25, 0.3) is 17.2 Å². The molecule has 0 radical (unpaired) electrons. The van der Waals surface area contributed by atoms with E-state index in [2.05, 4.69) is 15.5 Å². The summed E-state index contributed by atoms with van der Waals surface area (Å²) < 4.78 is 1.48. The first kappa shape index (κ1) is 22.9. The molecule has 0 aliphatic rings. The van der Waals surface area contributed by atoms with Crippen LogP contribution in [0.2, 0.25) is 0 Å². The molecule has 0 spiro atoms. The number of hydrogen-bond acceptors (Lipinski definition) is 7. The summed E-state index contributed by atoms with van der Waals surface area (Å²) in [5.74, 6) is -0.444. The van der Waals surface area contributed by atoms with Crippen molar-refractivity contribution in [2.24, 2.45) is 5.10 Å². The highest BCUT2D eigenvalue weighted by Gasteiger charge is 2.15. The third-order valence-electron chi connectivity index (χ3n) is 4.91. The Balaban J connectivity index is 1.55. The van der Waals surface area contributed by atoms with Crippen molar-refractivity contribution in [3.63, 3.8) is 0 Å². The molecule has 1 N–H and O–H groups in total. The zero-order chi connectivity index (χ0) is 24.1. The molecule has 1 amide bonds.